The fourth-order valence-corrected chi connectivity index (χ4v) is 3.33. The van der Waals surface area contributed by atoms with Gasteiger partial charge in [-0.1, -0.05) is 24.3 Å². The highest BCUT2D eigenvalue weighted by Crippen LogP contribution is 2.40. The summed E-state index contributed by atoms with van der Waals surface area (Å²) in [5.74, 6) is -3.20. The van der Waals surface area contributed by atoms with Crippen LogP contribution in [0.1, 0.15) is 17.2 Å². The minimum Gasteiger partial charge on any atom is -0.394 e. The molecule has 3 N–H and O–H groups in total. The molecule has 8 heteroatoms. The van der Waals surface area contributed by atoms with Gasteiger partial charge in [0.2, 0.25) is 5.91 Å². The third-order valence-corrected chi connectivity index (χ3v) is 4.31. The number of hydrogen-bond acceptors (Lipinski definition) is 4. The van der Waals surface area contributed by atoms with E-state index in [9.17, 15) is 23.1 Å². The van der Waals surface area contributed by atoms with Crippen LogP contribution in [0, 0.1) is 5.92 Å². The van der Waals surface area contributed by atoms with Crippen molar-refractivity contribution in [2.24, 2.45) is 5.92 Å². The number of nitrogens with one attached hydrogen (secondary N) is 2. The molecule has 1 aromatic carbocycles. The van der Waals surface area contributed by atoms with Crippen molar-refractivity contribution in [3.05, 3.63) is 35.4 Å². The number of fused-ring (bicyclic) bond motifs is 1. The molecule has 0 spiro atoms. The molecule has 1 aromatic rings. The Morgan fingerprint density at radius 2 is 2.05 bits per heavy atom. The first-order valence-electron chi connectivity index (χ1n) is 6.97. The van der Waals surface area contributed by atoms with Crippen molar-refractivity contribution in [1.29, 1.82) is 0 Å². The monoisotopic (exact) mass is 315 g/mol. The number of nitrogens with zero attached hydrogens (tertiary/aromatic N) is 1. The number of halogens is 3. The Bertz CT molecular complexity index is 579. The third-order valence-electron chi connectivity index (χ3n) is 4.31. The Morgan fingerprint density at radius 1 is 1.32 bits per heavy atom. The number of rotatable bonds is 2. The molecule has 5 nitrogen and oxygen atoms in total. The molecule has 2 aliphatic rings. The third kappa shape index (κ3) is 2.47. The highest BCUT2D eigenvalue weighted by molar-refractivity contribution is 5.80. The van der Waals surface area contributed by atoms with E-state index in [0.717, 1.165) is 11.1 Å². The van der Waals surface area contributed by atoms with Crippen LogP contribution in [0.4, 0.5) is 13.2 Å². The van der Waals surface area contributed by atoms with Gasteiger partial charge in [0.05, 0.1) is 12.6 Å². The predicted octanol–water partition coefficient (Wildman–Crippen LogP) is 0.717. The van der Waals surface area contributed by atoms with Gasteiger partial charge >= 0.3 is 6.18 Å². The highest BCUT2D eigenvalue weighted by atomic mass is 19.4. The molecule has 0 radical (unpaired) electrons. The first kappa shape index (κ1) is 15.3. The van der Waals surface area contributed by atoms with Crippen LogP contribution >= 0.6 is 0 Å². The number of hydrazine groups is 1. The van der Waals surface area contributed by atoms with E-state index in [1.54, 1.807) is 17.0 Å². The highest BCUT2D eigenvalue weighted by Gasteiger charge is 2.54. The lowest BCUT2D eigenvalue weighted by atomic mass is 9.94. The van der Waals surface area contributed by atoms with Crippen LogP contribution < -0.4 is 10.9 Å². The van der Waals surface area contributed by atoms with Crippen LogP contribution in [-0.4, -0.2) is 41.3 Å². The molecule has 0 aromatic heterocycles. The average Bonchev–Trinajstić information content (AvgIpc) is 2.84. The van der Waals surface area contributed by atoms with Crippen LogP contribution in [0.2, 0.25) is 0 Å². The fraction of sp³-hybridized carbons (Fsp3) is 0.500. The van der Waals surface area contributed by atoms with Crippen molar-refractivity contribution < 1.29 is 23.1 Å². The van der Waals surface area contributed by atoms with Crippen LogP contribution in [-0.2, 0) is 11.3 Å². The normalized spacial score (nSPS) is 29.3. The van der Waals surface area contributed by atoms with Crippen molar-refractivity contribution >= 4 is 5.91 Å². The summed E-state index contributed by atoms with van der Waals surface area (Å²) < 4.78 is 39.8. The summed E-state index contributed by atoms with van der Waals surface area (Å²) in [6, 6.07) is 5.64. The lowest BCUT2D eigenvalue weighted by molar-refractivity contribution is -0.203. The predicted molar refractivity (Wildman–Crippen MR) is 71.3 cm³/mol. The van der Waals surface area contributed by atoms with Gasteiger partial charge in [0, 0.05) is 19.1 Å². The second kappa shape index (κ2) is 5.53. The summed E-state index contributed by atoms with van der Waals surface area (Å²) in [7, 11) is 0. The van der Waals surface area contributed by atoms with E-state index in [4.69, 9.17) is 0 Å². The Hall–Kier alpha value is -1.64. The molecule has 1 fully saturated rings. The molecule has 3 atom stereocenters. The lowest BCUT2D eigenvalue weighted by Crippen LogP contribution is -2.64. The lowest BCUT2D eigenvalue weighted by Gasteiger charge is -2.40. The van der Waals surface area contributed by atoms with Gasteiger partial charge in [-0.05, 0) is 11.1 Å². The van der Waals surface area contributed by atoms with Gasteiger partial charge in [0.15, 0.2) is 5.92 Å². The van der Waals surface area contributed by atoms with E-state index in [2.05, 4.69) is 5.43 Å². The van der Waals surface area contributed by atoms with Gasteiger partial charge in [-0.3, -0.25) is 15.1 Å². The van der Waals surface area contributed by atoms with Gasteiger partial charge in [-0.15, -0.1) is 0 Å². The van der Waals surface area contributed by atoms with Gasteiger partial charge in [0.25, 0.3) is 0 Å². The van der Waals surface area contributed by atoms with Gasteiger partial charge < -0.3 is 5.11 Å². The molecule has 0 saturated carbocycles. The molecular formula is C14H16F3N3O2. The number of benzene rings is 1. The number of amides is 1. The van der Waals surface area contributed by atoms with E-state index in [-0.39, 0.29) is 19.7 Å². The number of alkyl halides is 3. The second-order valence-electron chi connectivity index (χ2n) is 5.53. The van der Waals surface area contributed by atoms with Crippen molar-refractivity contribution in [3.8, 4) is 0 Å². The van der Waals surface area contributed by atoms with Gasteiger partial charge in [-0.25, -0.2) is 5.43 Å². The Labute approximate surface area is 125 Å². The SMILES string of the molecule is O=C1NNCC(N2Cc3ccccc3[C@@H]2CO)C1C(F)(F)F. The zero-order valence-corrected chi connectivity index (χ0v) is 11.6. The van der Waals surface area contributed by atoms with Crippen LogP contribution in [0.15, 0.2) is 24.3 Å². The molecule has 1 amide bonds. The topological polar surface area (TPSA) is 64.6 Å². The second-order valence-corrected chi connectivity index (χ2v) is 5.53. The molecule has 2 heterocycles. The molecule has 0 aliphatic carbocycles. The molecule has 0 bridgehead atoms. The fourth-order valence-electron chi connectivity index (χ4n) is 3.33. The Kier molecular flexibility index (Phi) is 3.84. The molecule has 3 rings (SSSR count). The largest absolute Gasteiger partial charge is 0.402 e. The molecule has 2 unspecified atom stereocenters. The van der Waals surface area contributed by atoms with E-state index < -0.39 is 30.1 Å². The van der Waals surface area contributed by atoms with Crippen molar-refractivity contribution in [3.63, 3.8) is 0 Å². The standard InChI is InChI=1S/C14H16F3N3O2/c15-14(16,17)12-10(5-18-19-13(12)22)20-6-8-3-1-2-4-9(8)11(20)7-21/h1-4,10-12,18,21H,5-7H2,(H,19,22)/t10?,11-,12?/m0/s1. The number of carbonyl (C=O) groups excluding carboxylic acids is 1. The van der Waals surface area contributed by atoms with Crippen molar-refractivity contribution in [2.45, 2.75) is 24.8 Å². The molecule has 1 saturated heterocycles. The number of hydrogen-bond donors (Lipinski definition) is 3. The summed E-state index contributed by atoms with van der Waals surface area (Å²) in [4.78, 5) is 13.3. The first-order valence-corrected chi connectivity index (χ1v) is 6.97. The summed E-state index contributed by atoms with van der Waals surface area (Å²) in [6.45, 7) is -0.0340. The smallest absolute Gasteiger partial charge is 0.394 e. The van der Waals surface area contributed by atoms with Crippen LogP contribution in [0.3, 0.4) is 0 Å². The van der Waals surface area contributed by atoms with Gasteiger partial charge in [0.1, 0.15) is 0 Å². The quantitative estimate of drug-likeness (QED) is 0.752. The molecule has 2 aliphatic heterocycles. The summed E-state index contributed by atoms with van der Waals surface area (Å²) in [6.07, 6.45) is -4.63. The number of aliphatic hydroxyl groups excluding tert-OH is 1. The number of carbonyl (C=O) groups is 1. The maximum absolute atomic E-state index is 13.3. The Morgan fingerprint density at radius 3 is 2.73 bits per heavy atom. The maximum Gasteiger partial charge on any atom is 0.402 e. The number of aliphatic hydroxyl groups is 1. The molecule has 120 valence electrons. The first-order chi connectivity index (χ1) is 10.4. The van der Waals surface area contributed by atoms with Crippen molar-refractivity contribution in [2.75, 3.05) is 13.2 Å². The zero-order valence-electron chi connectivity index (χ0n) is 11.6. The van der Waals surface area contributed by atoms with Crippen LogP contribution in [0.25, 0.3) is 0 Å². The van der Waals surface area contributed by atoms with E-state index in [1.807, 2.05) is 17.6 Å². The van der Waals surface area contributed by atoms with E-state index in [1.165, 1.54) is 0 Å². The minimum atomic E-state index is -4.63. The molecular weight excluding hydrogens is 299 g/mol. The Balaban J connectivity index is 1.94. The average molecular weight is 315 g/mol. The maximum atomic E-state index is 13.3. The van der Waals surface area contributed by atoms with Gasteiger partial charge in [-0.2, -0.15) is 13.2 Å². The summed E-state index contributed by atoms with van der Waals surface area (Å²) >= 11 is 0. The van der Waals surface area contributed by atoms with E-state index >= 15 is 0 Å². The van der Waals surface area contributed by atoms with Crippen LogP contribution in [0.5, 0.6) is 0 Å². The molecule has 22 heavy (non-hydrogen) atoms. The van der Waals surface area contributed by atoms with Crippen molar-refractivity contribution in [1.82, 2.24) is 15.8 Å². The minimum absolute atomic E-state index is 0.0274. The summed E-state index contributed by atoms with van der Waals surface area (Å²) in [5.41, 5.74) is 6.26. The van der Waals surface area contributed by atoms with E-state index in [0.29, 0.717) is 0 Å². The zero-order chi connectivity index (χ0) is 15.9. The summed E-state index contributed by atoms with van der Waals surface area (Å²) in [5, 5.41) is 9.62.